The summed E-state index contributed by atoms with van der Waals surface area (Å²) in [7, 11) is 0. The van der Waals surface area contributed by atoms with Gasteiger partial charge in [-0.05, 0) is 19.4 Å². The first-order chi connectivity index (χ1) is 6.86. The second kappa shape index (κ2) is 6.83. The fourth-order valence-electron chi connectivity index (χ4n) is 1.88. The van der Waals surface area contributed by atoms with Crippen LogP contribution in [0, 0.1) is 12.3 Å². The molecule has 1 fully saturated rings. The predicted molar refractivity (Wildman–Crippen MR) is 58.0 cm³/mol. The minimum Gasteiger partial charge on any atom is -0.395 e. The Hall–Kier alpha value is -0.560. The van der Waals surface area contributed by atoms with Crippen molar-refractivity contribution in [1.29, 1.82) is 0 Å². The molecule has 1 saturated heterocycles. The molecule has 3 nitrogen and oxygen atoms in total. The van der Waals surface area contributed by atoms with E-state index in [-0.39, 0.29) is 6.61 Å². The first-order valence-electron chi connectivity index (χ1n) is 5.37. The van der Waals surface area contributed by atoms with E-state index in [0.29, 0.717) is 6.04 Å². The third kappa shape index (κ3) is 4.10. The smallest absolute Gasteiger partial charge is 0.0558 e. The minimum absolute atomic E-state index is 0.220. The summed E-state index contributed by atoms with van der Waals surface area (Å²) in [6.45, 7) is 4.00. The third-order valence-electron chi connectivity index (χ3n) is 2.63. The molecule has 0 spiro atoms. The van der Waals surface area contributed by atoms with E-state index in [4.69, 9.17) is 11.5 Å². The quantitative estimate of drug-likeness (QED) is 0.590. The Morgan fingerprint density at radius 1 is 1.50 bits per heavy atom. The lowest BCUT2D eigenvalue weighted by Gasteiger charge is -2.23. The normalized spacial score (nSPS) is 21.4. The highest BCUT2D eigenvalue weighted by atomic mass is 16.3. The highest BCUT2D eigenvalue weighted by molar-refractivity contribution is 4.86. The molecule has 0 saturated carbocycles. The Kier molecular flexibility index (Phi) is 5.62. The van der Waals surface area contributed by atoms with Gasteiger partial charge in [0.1, 0.15) is 0 Å². The molecule has 3 heteroatoms. The maximum atomic E-state index is 8.90. The number of hydrogen-bond donors (Lipinski definition) is 2. The van der Waals surface area contributed by atoms with Crippen LogP contribution in [-0.2, 0) is 0 Å². The molecule has 80 valence electrons. The van der Waals surface area contributed by atoms with Gasteiger partial charge in [-0.15, -0.1) is 12.3 Å². The van der Waals surface area contributed by atoms with Crippen LogP contribution in [0.1, 0.15) is 19.3 Å². The molecule has 0 bridgehead atoms. The number of nitrogens with zero attached hydrogens (tertiary/aromatic N) is 1. The van der Waals surface area contributed by atoms with Gasteiger partial charge in [-0.3, -0.25) is 4.90 Å². The summed E-state index contributed by atoms with van der Waals surface area (Å²) in [5.41, 5.74) is 0. The molecule has 0 radical (unpaired) electrons. The van der Waals surface area contributed by atoms with Crippen molar-refractivity contribution in [1.82, 2.24) is 10.2 Å². The molecule has 0 aromatic carbocycles. The van der Waals surface area contributed by atoms with Crippen LogP contribution >= 0.6 is 0 Å². The fourth-order valence-corrected chi connectivity index (χ4v) is 1.88. The van der Waals surface area contributed by atoms with Crippen molar-refractivity contribution < 1.29 is 5.11 Å². The molecule has 0 aliphatic carbocycles. The summed E-state index contributed by atoms with van der Waals surface area (Å²) >= 11 is 0. The SMILES string of the molecule is C#CCCN(CCO)CC1CCCN1. The first kappa shape index (κ1) is 11.5. The number of nitrogens with one attached hydrogen (secondary N) is 1. The van der Waals surface area contributed by atoms with E-state index >= 15 is 0 Å². The van der Waals surface area contributed by atoms with Crippen molar-refractivity contribution in [2.75, 3.05) is 32.8 Å². The Bertz CT molecular complexity index is 182. The molecule has 0 aromatic rings. The van der Waals surface area contributed by atoms with Crippen molar-refractivity contribution in [3.8, 4) is 12.3 Å². The van der Waals surface area contributed by atoms with Gasteiger partial charge >= 0.3 is 0 Å². The molecular formula is C11H20N2O. The summed E-state index contributed by atoms with van der Waals surface area (Å²) < 4.78 is 0. The van der Waals surface area contributed by atoms with Gasteiger partial charge in [-0.25, -0.2) is 0 Å². The summed E-state index contributed by atoms with van der Waals surface area (Å²) in [6.07, 6.45) is 8.52. The second-order valence-corrected chi connectivity index (χ2v) is 3.77. The van der Waals surface area contributed by atoms with Crippen molar-refractivity contribution in [3.63, 3.8) is 0 Å². The van der Waals surface area contributed by atoms with E-state index < -0.39 is 0 Å². The summed E-state index contributed by atoms with van der Waals surface area (Å²) in [4.78, 5) is 2.24. The Labute approximate surface area is 86.5 Å². The van der Waals surface area contributed by atoms with Crippen LogP contribution in [0.4, 0.5) is 0 Å². The largest absolute Gasteiger partial charge is 0.395 e. The van der Waals surface area contributed by atoms with E-state index in [0.717, 1.165) is 32.6 Å². The van der Waals surface area contributed by atoms with E-state index in [1.165, 1.54) is 12.8 Å². The minimum atomic E-state index is 0.220. The number of aliphatic hydroxyl groups is 1. The highest BCUT2D eigenvalue weighted by Crippen LogP contribution is 2.06. The van der Waals surface area contributed by atoms with Gasteiger partial charge in [0.05, 0.1) is 6.61 Å². The van der Waals surface area contributed by atoms with Crippen LogP contribution in [0.5, 0.6) is 0 Å². The average molecular weight is 196 g/mol. The lowest BCUT2D eigenvalue weighted by atomic mass is 10.2. The zero-order valence-corrected chi connectivity index (χ0v) is 8.71. The molecule has 0 aromatic heterocycles. The summed E-state index contributed by atoms with van der Waals surface area (Å²) in [6, 6.07) is 0.597. The van der Waals surface area contributed by atoms with Gasteiger partial charge in [0.25, 0.3) is 0 Å². The van der Waals surface area contributed by atoms with Gasteiger partial charge < -0.3 is 10.4 Å². The maximum absolute atomic E-state index is 8.90. The standard InChI is InChI=1S/C11H20N2O/c1-2-3-7-13(8-9-14)10-11-5-4-6-12-11/h1,11-12,14H,3-10H2. The van der Waals surface area contributed by atoms with Crippen LogP contribution in [0.2, 0.25) is 0 Å². The van der Waals surface area contributed by atoms with E-state index in [1.54, 1.807) is 0 Å². The molecule has 1 atom stereocenters. The molecular weight excluding hydrogens is 176 g/mol. The lowest BCUT2D eigenvalue weighted by molar-refractivity contribution is 0.187. The molecule has 1 rings (SSSR count). The maximum Gasteiger partial charge on any atom is 0.0558 e. The second-order valence-electron chi connectivity index (χ2n) is 3.77. The van der Waals surface area contributed by atoms with Crippen molar-refractivity contribution in [2.24, 2.45) is 0 Å². The monoisotopic (exact) mass is 196 g/mol. The molecule has 2 N–H and O–H groups in total. The van der Waals surface area contributed by atoms with Gasteiger partial charge in [0.15, 0.2) is 0 Å². The number of aliphatic hydroxyl groups excluding tert-OH is 1. The third-order valence-corrected chi connectivity index (χ3v) is 2.63. The van der Waals surface area contributed by atoms with Gasteiger partial charge in [-0.2, -0.15) is 0 Å². The van der Waals surface area contributed by atoms with Crippen molar-refractivity contribution >= 4 is 0 Å². The zero-order chi connectivity index (χ0) is 10.2. The molecule has 1 aliphatic rings. The molecule has 14 heavy (non-hydrogen) atoms. The Balaban J connectivity index is 2.22. The lowest BCUT2D eigenvalue weighted by Crippen LogP contribution is -2.39. The average Bonchev–Trinajstić information content (AvgIpc) is 2.67. The molecule has 1 heterocycles. The van der Waals surface area contributed by atoms with E-state index in [2.05, 4.69) is 16.1 Å². The summed E-state index contributed by atoms with van der Waals surface area (Å²) in [5.74, 6) is 2.64. The first-order valence-corrected chi connectivity index (χ1v) is 5.37. The summed E-state index contributed by atoms with van der Waals surface area (Å²) in [5, 5.41) is 12.3. The van der Waals surface area contributed by atoms with Gasteiger partial charge in [-0.1, -0.05) is 0 Å². The van der Waals surface area contributed by atoms with Crippen LogP contribution in [-0.4, -0.2) is 48.8 Å². The van der Waals surface area contributed by atoms with Crippen LogP contribution in [0.3, 0.4) is 0 Å². The Morgan fingerprint density at radius 3 is 2.93 bits per heavy atom. The zero-order valence-electron chi connectivity index (χ0n) is 8.71. The van der Waals surface area contributed by atoms with Crippen molar-refractivity contribution in [2.45, 2.75) is 25.3 Å². The van der Waals surface area contributed by atoms with Gasteiger partial charge in [0, 0.05) is 32.1 Å². The topological polar surface area (TPSA) is 35.5 Å². The van der Waals surface area contributed by atoms with Crippen molar-refractivity contribution in [3.05, 3.63) is 0 Å². The number of rotatable bonds is 6. The molecule has 1 aliphatic heterocycles. The number of terminal acetylenes is 1. The highest BCUT2D eigenvalue weighted by Gasteiger charge is 2.16. The predicted octanol–water partition coefficient (Wildman–Crippen LogP) is 0.0560. The Morgan fingerprint density at radius 2 is 2.36 bits per heavy atom. The van der Waals surface area contributed by atoms with E-state index in [9.17, 15) is 0 Å². The van der Waals surface area contributed by atoms with Gasteiger partial charge in [0.2, 0.25) is 0 Å². The van der Waals surface area contributed by atoms with Crippen LogP contribution in [0.15, 0.2) is 0 Å². The van der Waals surface area contributed by atoms with Crippen LogP contribution < -0.4 is 5.32 Å². The fraction of sp³-hybridized carbons (Fsp3) is 0.818. The molecule has 0 amide bonds. The number of hydrogen-bond acceptors (Lipinski definition) is 3. The van der Waals surface area contributed by atoms with E-state index in [1.807, 2.05) is 0 Å². The van der Waals surface area contributed by atoms with Crippen LogP contribution in [0.25, 0.3) is 0 Å². The molecule has 1 unspecified atom stereocenters.